The van der Waals surface area contributed by atoms with E-state index in [1.165, 1.54) is 0 Å². The van der Waals surface area contributed by atoms with Crippen LogP contribution >= 0.6 is 8.25 Å². The molecule has 1 aliphatic heterocycles. The van der Waals surface area contributed by atoms with E-state index in [0.717, 1.165) is 5.06 Å². The van der Waals surface area contributed by atoms with Crippen LogP contribution in [0.5, 0.6) is 0 Å². The van der Waals surface area contributed by atoms with E-state index in [1.807, 2.05) is 13.8 Å². The highest BCUT2D eigenvalue weighted by Crippen LogP contribution is 2.32. The molecule has 23 heavy (non-hydrogen) atoms. The van der Waals surface area contributed by atoms with E-state index in [2.05, 4.69) is 0 Å². The van der Waals surface area contributed by atoms with Crippen molar-refractivity contribution in [3.8, 4) is 0 Å². The number of imide groups is 1. The molecule has 1 atom stereocenters. The second-order valence-corrected chi connectivity index (χ2v) is 6.12. The minimum absolute atomic E-state index is 0.0130. The van der Waals surface area contributed by atoms with Crippen LogP contribution in [-0.2, 0) is 13.9 Å². The van der Waals surface area contributed by atoms with Crippen molar-refractivity contribution in [2.75, 3.05) is 6.61 Å². The Morgan fingerprint density at radius 2 is 1.65 bits per heavy atom. The van der Waals surface area contributed by atoms with Crippen molar-refractivity contribution in [3.05, 3.63) is 35.4 Å². The van der Waals surface area contributed by atoms with Gasteiger partial charge in [-0.25, -0.2) is 0 Å². The Bertz CT molecular complexity index is 593. The standard InChI is InChI=1S/C15H20NO6P/c1-3-15(4-2,9-10-21-23(19)20)22-16-13(17)11-7-5-6-8-12(11)14(16)18/h5-8,23H,3-4,9-10H2,1-2H3,(H,19,20). The van der Waals surface area contributed by atoms with E-state index in [9.17, 15) is 14.2 Å². The molecule has 0 fully saturated rings. The van der Waals surface area contributed by atoms with E-state index in [-0.39, 0.29) is 6.61 Å². The third-order valence-electron chi connectivity index (χ3n) is 4.11. The average molecular weight is 341 g/mol. The van der Waals surface area contributed by atoms with E-state index < -0.39 is 25.7 Å². The Morgan fingerprint density at radius 1 is 1.13 bits per heavy atom. The summed E-state index contributed by atoms with van der Waals surface area (Å²) in [6.45, 7) is 3.74. The van der Waals surface area contributed by atoms with Gasteiger partial charge in [0.05, 0.1) is 23.3 Å². The molecule has 126 valence electrons. The van der Waals surface area contributed by atoms with Gasteiger partial charge in [0.1, 0.15) is 0 Å². The zero-order valence-corrected chi connectivity index (χ0v) is 14.1. The van der Waals surface area contributed by atoms with Gasteiger partial charge < -0.3 is 9.42 Å². The quantitative estimate of drug-likeness (QED) is 0.577. The van der Waals surface area contributed by atoms with Crippen molar-refractivity contribution in [1.29, 1.82) is 0 Å². The van der Waals surface area contributed by atoms with Gasteiger partial charge in [0.15, 0.2) is 0 Å². The summed E-state index contributed by atoms with van der Waals surface area (Å²) in [4.78, 5) is 39.2. The summed E-state index contributed by atoms with van der Waals surface area (Å²) in [7, 11) is -3.02. The maximum absolute atomic E-state index is 12.4. The van der Waals surface area contributed by atoms with Crippen LogP contribution in [0, 0.1) is 0 Å². The number of carbonyl (C=O) groups is 2. The second-order valence-electron chi connectivity index (χ2n) is 5.30. The van der Waals surface area contributed by atoms with Crippen LogP contribution in [0.4, 0.5) is 0 Å². The molecule has 2 rings (SSSR count). The molecule has 1 N–H and O–H groups in total. The number of fused-ring (bicyclic) bond motifs is 1. The summed E-state index contributed by atoms with van der Waals surface area (Å²) < 4.78 is 15.4. The zero-order chi connectivity index (χ0) is 17.0. The molecule has 0 saturated carbocycles. The highest BCUT2D eigenvalue weighted by molar-refractivity contribution is 7.32. The molecule has 0 radical (unpaired) electrons. The Kier molecular flexibility index (Phi) is 5.70. The first-order valence-corrected chi connectivity index (χ1v) is 8.73. The zero-order valence-electron chi connectivity index (χ0n) is 13.1. The fourth-order valence-electron chi connectivity index (χ4n) is 2.55. The topological polar surface area (TPSA) is 93.1 Å². The molecule has 2 amide bonds. The lowest BCUT2D eigenvalue weighted by atomic mass is 9.94. The van der Waals surface area contributed by atoms with E-state index in [1.54, 1.807) is 24.3 Å². The van der Waals surface area contributed by atoms with Gasteiger partial charge in [0.2, 0.25) is 0 Å². The summed E-state index contributed by atoms with van der Waals surface area (Å²) in [5, 5.41) is 0.791. The van der Waals surface area contributed by atoms with Gasteiger partial charge in [-0.2, -0.15) is 0 Å². The predicted octanol–water partition coefficient (Wildman–Crippen LogP) is 2.56. The van der Waals surface area contributed by atoms with Crippen LogP contribution in [0.3, 0.4) is 0 Å². The molecule has 7 nitrogen and oxygen atoms in total. The highest BCUT2D eigenvalue weighted by Gasteiger charge is 2.41. The third-order valence-corrected chi connectivity index (χ3v) is 4.56. The molecular weight excluding hydrogens is 321 g/mol. The first-order valence-electron chi connectivity index (χ1n) is 7.46. The number of nitrogens with zero attached hydrogens (tertiary/aromatic N) is 1. The predicted molar refractivity (Wildman–Crippen MR) is 83.1 cm³/mol. The molecule has 0 spiro atoms. The van der Waals surface area contributed by atoms with E-state index >= 15 is 0 Å². The maximum atomic E-state index is 12.4. The number of hydroxylamine groups is 2. The van der Waals surface area contributed by atoms with Crippen molar-refractivity contribution in [3.63, 3.8) is 0 Å². The van der Waals surface area contributed by atoms with Crippen LogP contribution in [0.2, 0.25) is 0 Å². The molecule has 1 aromatic carbocycles. The van der Waals surface area contributed by atoms with Gasteiger partial charge in [-0.05, 0) is 25.0 Å². The Hall–Kier alpha value is -1.53. The average Bonchev–Trinajstić information content (AvgIpc) is 2.79. The van der Waals surface area contributed by atoms with Gasteiger partial charge >= 0.3 is 8.25 Å². The van der Waals surface area contributed by atoms with Crippen LogP contribution in [0.25, 0.3) is 0 Å². The molecule has 0 aliphatic carbocycles. The molecule has 1 aliphatic rings. The smallest absolute Gasteiger partial charge is 0.316 e. The van der Waals surface area contributed by atoms with Crippen LogP contribution in [0.1, 0.15) is 53.8 Å². The van der Waals surface area contributed by atoms with Crippen LogP contribution < -0.4 is 0 Å². The normalized spacial score (nSPS) is 15.9. The largest absolute Gasteiger partial charge is 0.326 e. The lowest BCUT2D eigenvalue weighted by molar-refractivity contribution is -0.196. The number of carbonyl (C=O) groups excluding carboxylic acids is 2. The molecule has 1 unspecified atom stereocenters. The van der Waals surface area contributed by atoms with Gasteiger partial charge in [-0.1, -0.05) is 26.0 Å². The fraction of sp³-hybridized carbons (Fsp3) is 0.467. The fourth-order valence-corrected chi connectivity index (χ4v) is 2.82. The lowest BCUT2D eigenvalue weighted by Gasteiger charge is -2.33. The highest BCUT2D eigenvalue weighted by atomic mass is 31.1. The number of hydrogen-bond acceptors (Lipinski definition) is 5. The van der Waals surface area contributed by atoms with Crippen molar-refractivity contribution in [2.24, 2.45) is 0 Å². The number of hydrogen-bond donors (Lipinski definition) is 1. The monoisotopic (exact) mass is 341 g/mol. The Labute approximate surface area is 135 Å². The Balaban J connectivity index is 2.16. The Morgan fingerprint density at radius 3 is 2.09 bits per heavy atom. The molecule has 0 saturated heterocycles. The van der Waals surface area contributed by atoms with Crippen LogP contribution in [0.15, 0.2) is 24.3 Å². The lowest BCUT2D eigenvalue weighted by Crippen LogP contribution is -2.43. The molecule has 8 heteroatoms. The summed E-state index contributed by atoms with van der Waals surface area (Å²) >= 11 is 0. The first kappa shape index (κ1) is 17.8. The van der Waals surface area contributed by atoms with Crippen molar-refractivity contribution in [2.45, 2.75) is 38.7 Å². The number of benzene rings is 1. The minimum atomic E-state index is -3.02. The summed E-state index contributed by atoms with van der Waals surface area (Å²) in [5.74, 6) is -0.984. The summed E-state index contributed by atoms with van der Waals surface area (Å²) in [6.07, 6.45) is 1.34. The summed E-state index contributed by atoms with van der Waals surface area (Å²) in [6, 6.07) is 6.54. The SMILES string of the molecule is CCC(CC)(CCO[PH](=O)O)ON1C(=O)c2ccccc2C1=O. The molecule has 0 aromatic heterocycles. The summed E-state index contributed by atoms with van der Waals surface area (Å²) in [5.41, 5.74) is -0.185. The van der Waals surface area contributed by atoms with Gasteiger partial charge in [-0.15, -0.1) is 5.06 Å². The molecule has 1 aromatic rings. The maximum Gasteiger partial charge on any atom is 0.316 e. The minimum Gasteiger partial charge on any atom is -0.326 e. The van der Waals surface area contributed by atoms with Gasteiger partial charge in [-0.3, -0.25) is 19.0 Å². The van der Waals surface area contributed by atoms with Crippen molar-refractivity contribution >= 4 is 20.1 Å². The molecule has 1 heterocycles. The number of rotatable bonds is 8. The number of amides is 2. The van der Waals surface area contributed by atoms with Gasteiger partial charge in [0.25, 0.3) is 11.8 Å². The third kappa shape index (κ3) is 3.70. The van der Waals surface area contributed by atoms with Gasteiger partial charge in [0, 0.05) is 6.42 Å². The molecular formula is C15H20NO6P. The van der Waals surface area contributed by atoms with Crippen molar-refractivity contribution < 1.29 is 28.4 Å². The molecule has 0 bridgehead atoms. The first-order chi connectivity index (χ1) is 10.9. The van der Waals surface area contributed by atoms with E-state index in [0.29, 0.717) is 30.4 Å². The van der Waals surface area contributed by atoms with E-state index in [4.69, 9.17) is 14.3 Å². The second kappa shape index (κ2) is 7.36. The van der Waals surface area contributed by atoms with Crippen molar-refractivity contribution in [1.82, 2.24) is 5.06 Å². The van der Waals surface area contributed by atoms with Crippen LogP contribution in [-0.4, -0.2) is 34.0 Å².